The number of likely N-dealkylation sites (tertiary alicyclic amines) is 1. The second-order valence-corrected chi connectivity index (χ2v) is 7.03. The van der Waals surface area contributed by atoms with Gasteiger partial charge in [0, 0.05) is 36.5 Å². The lowest BCUT2D eigenvalue weighted by atomic mass is 10.0. The molecule has 132 valence electrons. The van der Waals surface area contributed by atoms with Crippen LogP contribution >= 0.6 is 0 Å². The van der Waals surface area contributed by atoms with Gasteiger partial charge in [-0.15, -0.1) is 0 Å². The minimum Gasteiger partial charge on any atom is -0.371 e. The lowest BCUT2D eigenvalue weighted by Gasteiger charge is -2.18. The second kappa shape index (κ2) is 6.45. The Kier molecular flexibility index (Phi) is 4.11. The van der Waals surface area contributed by atoms with Crippen molar-refractivity contribution >= 4 is 5.52 Å². The van der Waals surface area contributed by atoms with Crippen LogP contribution in [0.1, 0.15) is 29.4 Å². The Balaban J connectivity index is 1.82. The molecule has 4 nitrogen and oxygen atoms in total. The van der Waals surface area contributed by atoms with Crippen molar-refractivity contribution in [2.24, 2.45) is 0 Å². The topological polar surface area (TPSA) is 33.4 Å². The van der Waals surface area contributed by atoms with Gasteiger partial charge in [0.15, 0.2) is 0 Å². The minimum atomic E-state index is 0.391. The third kappa shape index (κ3) is 2.71. The first kappa shape index (κ1) is 16.6. The summed E-state index contributed by atoms with van der Waals surface area (Å²) in [6.07, 6.45) is 4.79. The summed E-state index contributed by atoms with van der Waals surface area (Å²) in [5, 5.41) is 0. The van der Waals surface area contributed by atoms with E-state index in [0.717, 1.165) is 53.6 Å². The molecule has 0 spiro atoms. The van der Waals surface area contributed by atoms with Gasteiger partial charge in [0.2, 0.25) is 0 Å². The monoisotopic (exact) mass is 344 g/mol. The zero-order valence-electron chi connectivity index (χ0n) is 15.4. The third-order valence-corrected chi connectivity index (χ3v) is 5.29. The summed E-state index contributed by atoms with van der Waals surface area (Å²) >= 11 is 0. The fourth-order valence-electron chi connectivity index (χ4n) is 3.78. The zero-order chi connectivity index (χ0) is 18.3. The maximum Gasteiger partial charge on any atom is 0.146 e. The molecule has 0 saturated carbocycles. The fraction of sp³-hybridized carbons (Fsp3) is 0.273. The molecule has 3 heterocycles. The van der Waals surface area contributed by atoms with E-state index in [1.165, 1.54) is 5.56 Å². The normalized spacial score (nSPS) is 17.0. The van der Waals surface area contributed by atoms with Crippen molar-refractivity contribution in [3.63, 3.8) is 0 Å². The molecule has 1 aliphatic rings. The molecule has 4 heteroatoms. The van der Waals surface area contributed by atoms with E-state index >= 15 is 0 Å². The summed E-state index contributed by atoms with van der Waals surface area (Å²) in [6.45, 7) is 14.0. The van der Waals surface area contributed by atoms with E-state index in [1.807, 2.05) is 19.2 Å². The number of imidazole rings is 1. The molecule has 0 aliphatic carbocycles. The van der Waals surface area contributed by atoms with Crippen molar-refractivity contribution in [3.8, 4) is 11.4 Å². The minimum absolute atomic E-state index is 0.391. The van der Waals surface area contributed by atoms with Crippen molar-refractivity contribution in [2.45, 2.75) is 26.2 Å². The Morgan fingerprint density at radius 2 is 1.96 bits per heavy atom. The predicted octanol–water partition coefficient (Wildman–Crippen LogP) is 4.50. The highest BCUT2D eigenvalue weighted by Crippen LogP contribution is 2.34. The summed E-state index contributed by atoms with van der Waals surface area (Å²) in [7, 11) is 0. The SMILES string of the molecule is C=CC(=C)N1CCC(c2nc(-c3ccc(C)cc3)n3c(C)nccc23)C1. The highest BCUT2D eigenvalue weighted by Gasteiger charge is 2.28. The van der Waals surface area contributed by atoms with Gasteiger partial charge in [-0.2, -0.15) is 0 Å². The van der Waals surface area contributed by atoms with Crippen LogP contribution in [0.15, 0.2) is 61.5 Å². The summed E-state index contributed by atoms with van der Waals surface area (Å²) < 4.78 is 2.19. The number of aromatic nitrogens is 3. The van der Waals surface area contributed by atoms with Crippen LogP contribution in [0.2, 0.25) is 0 Å². The summed E-state index contributed by atoms with van der Waals surface area (Å²) in [6, 6.07) is 10.6. The number of benzene rings is 1. The van der Waals surface area contributed by atoms with Gasteiger partial charge >= 0.3 is 0 Å². The molecular weight excluding hydrogens is 320 g/mol. The zero-order valence-corrected chi connectivity index (χ0v) is 15.4. The van der Waals surface area contributed by atoms with Crippen LogP contribution in [0, 0.1) is 13.8 Å². The standard InChI is InChI=1S/C22H24N4/c1-5-16(3)25-13-11-19(14-25)21-20-10-12-23-17(4)26(20)22(24-21)18-8-6-15(2)7-9-18/h5-10,12,19H,1,3,11,13-14H2,2,4H3. The molecule has 26 heavy (non-hydrogen) atoms. The van der Waals surface area contributed by atoms with Crippen LogP contribution in [-0.4, -0.2) is 32.4 Å². The van der Waals surface area contributed by atoms with Crippen molar-refractivity contribution in [3.05, 3.63) is 78.5 Å². The van der Waals surface area contributed by atoms with Crippen molar-refractivity contribution in [1.82, 2.24) is 19.3 Å². The average molecular weight is 344 g/mol. The van der Waals surface area contributed by atoms with Gasteiger partial charge in [0.25, 0.3) is 0 Å². The van der Waals surface area contributed by atoms with Gasteiger partial charge in [-0.05, 0) is 32.4 Å². The molecule has 1 unspecified atom stereocenters. The van der Waals surface area contributed by atoms with Gasteiger partial charge in [0.1, 0.15) is 11.6 Å². The van der Waals surface area contributed by atoms with Gasteiger partial charge in [-0.1, -0.05) is 43.0 Å². The molecule has 1 atom stereocenters. The molecule has 0 radical (unpaired) electrons. The quantitative estimate of drug-likeness (QED) is 0.653. The molecule has 0 N–H and O–H groups in total. The van der Waals surface area contributed by atoms with Gasteiger partial charge in [-0.3, -0.25) is 4.40 Å². The van der Waals surface area contributed by atoms with E-state index in [-0.39, 0.29) is 0 Å². The number of rotatable bonds is 4. The van der Waals surface area contributed by atoms with E-state index in [0.29, 0.717) is 5.92 Å². The Hall–Kier alpha value is -2.88. The molecule has 3 aromatic rings. The van der Waals surface area contributed by atoms with Crippen LogP contribution in [0.3, 0.4) is 0 Å². The van der Waals surface area contributed by atoms with Crippen LogP contribution in [0.25, 0.3) is 16.9 Å². The molecule has 4 rings (SSSR count). The molecular formula is C22H24N4. The maximum absolute atomic E-state index is 5.09. The lowest BCUT2D eigenvalue weighted by molar-refractivity contribution is 0.435. The van der Waals surface area contributed by atoms with Crippen LogP contribution < -0.4 is 0 Å². The first-order valence-corrected chi connectivity index (χ1v) is 9.05. The van der Waals surface area contributed by atoms with E-state index in [9.17, 15) is 0 Å². The van der Waals surface area contributed by atoms with Crippen LogP contribution in [0.5, 0.6) is 0 Å². The first-order chi connectivity index (χ1) is 12.6. The molecule has 1 fully saturated rings. The largest absolute Gasteiger partial charge is 0.371 e. The molecule has 1 saturated heterocycles. The van der Waals surface area contributed by atoms with Gasteiger partial charge in [-0.25, -0.2) is 9.97 Å². The number of hydrogen-bond donors (Lipinski definition) is 0. The lowest BCUT2D eigenvalue weighted by Crippen LogP contribution is -2.17. The van der Waals surface area contributed by atoms with Crippen LogP contribution in [-0.2, 0) is 0 Å². The van der Waals surface area contributed by atoms with E-state index in [4.69, 9.17) is 4.98 Å². The smallest absolute Gasteiger partial charge is 0.146 e. The summed E-state index contributed by atoms with van der Waals surface area (Å²) in [5.41, 5.74) is 5.68. The van der Waals surface area contributed by atoms with E-state index in [2.05, 4.69) is 64.7 Å². The Bertz CT molecular complexity index is 981. The predicted molar refractivity (Wildman–Crippen MR) is 106 cm³/mol. The Morgan fingerprint density at radius 1 is 1.19 bits per heavy atom. The van der Waals surface area contributed by atoms with Gasteiger partial charge in [0.05, 0.1) is 11.2 Å². The van der Waals surface area contributed by atoms with E-state index in [1.54, 1.807) is 0 Å². The van der Waals surface area contributed by atoms with Crippen molar-refractivity contribution < 1.29 is 0 Å². The number of nitrogens with zero attached hydrogens (tertiary/aromatic N) is 4. The highest BCUT2D eigenvalue weighted by atomic mass is 15.2. The Morgan fingerprint density at radius 3 is 2.69 bits per heavy atom. The second-order valence-electron chi connectivity index (χ2n) is 7.03. The van der Waals surface area contributed by atoms with Gasteiger partial charge < -0.3 is 4.90 Å². The summed E-state index contributed by atoms with van der Waals surface area (Å²) in [5.74, 6) is 2.33. The molecule has 1 aromatic carbocycles. The molecule has 1 aliphatic heterocycles. The number of fused-ring (bicyclic) bond motifs is 1. The number of hydrogen-bond acceptors (Lipinski definition) is 3. The van der Waals surface area contributed by atoms with Crippen molar-refractivity contribution in [2.75, 3.05) is 13.1 Å². The average Bonchev–Trinajstić information content (AvgIpc) is 3.27. The maximum atomic E-state index is 5.09. The third-order valence-electron chi connectivity index (χ3n) is 5.29. The fourth-order valence-corrected chi connectivity index (χ4v) is 3.78. The van der Waals surface area contributed by atoms with Crippen molar-refractivity contribution in [1.29, 1.82) is 0 Å². The number of allylic oxidation sites excluding steroid dienone is 1. The first-order valence-electron chi connectivity index (χ1n) is 9.05. The summed E-state index contributed by atoms with van der Waals surface area (Å²) in [4.78, 5) is 11.9. The molecule has 0 amide bonds. The molecule has 2 aromatic heterocycles. The van der Waals surface area contributed by atoms with E-state index < -0.39 is 0 Å². The highest BCUT2D eigenvalue weighted by molar-refractivity contribution is 5.66. The molecule has 0 bridgehead atoms. The Labute approximate surface area is 154 Å². The van der Waals surface area contributed by atoms with Crippen LogP contribution in [0.4, 0.5) is 0 Å². The number of aryl methyl sites for hydroxylation is 2.